The molecule has 0 spiro atoms. The van der Waals surface area contributed by atoms with Crippen molar-refractivity contribution < 1.29 is 42.9 Å². The molecule has 0 saturated carbocycles. The molecule has 15 heteroatoms. The average molecular weight is 788 g/mol. The first-order valence-electron chi connectivity index (χ1n) is 18.5. The molecule has 1 aromatic carbocycles. The van der Waals surface area contributed by atoms with Gasteiger partial charge in [0.2, 0.25) is 17.7 Å². The van der Waals surface area contributed by atoms with Crippen LogP contribution in [0.3, 0.4) is 0 Å². The van der Waals surface area contributed by atoms with E-state index in [0.717, 1.165) is 10.3 Å². The average Bonchev–Trinajstić information content (AvgIpc) is 3.08. The van der Waals surface area contributed by atoms with E-state index in [1.165, 1.54) is 14.0 Å². The van der Waals surface area contributed by atoms with Crippen molar-refractivity contribution in [2.75, 3.05) is 33.9 Å². The summed E-state index contributed by atoms with van der Waals surface area (Å²) >= 11 is 6.22. The van der Waals surface area contributed by atoms with Gasteiger partial charge in [-0.1, -0.05) is 23.7 Å². The van der Waals surface area contributed by atoms with Gasteiger partial charge in [0.15, 0.2) is 11.4 Å². The van der Waals surface area contributed by atoms with Gasteiger partial charge in [0, 0.05) is 57.7 Å². The Morgan fingerprint density at radius 1 is 1.00 bits per heavy atom. The number of carbonyl (C=O) groups is 5. The number of hydrogen-bond acceptors (Lipinski definition) is 9. The van der Waals surface area contributed by atoms with Gasteiger partial charge < -0.3 is 39.9 Å². The molecule has 14 nitrogen and oxygen atoms in total. The van der Waals surface area contributed by atoms with Crippen molar-refractivity contribution in [1.29, 1.82) is 0 Å². The number of piperidine rings is 1. The second-order valence-corrected chi connectivity index (χ2v) is 16.8. The zero-order chi connectivity index (χ0) is 41.3. The number of nitrogens with zero attached hydrogens (tertiary/aromatic N) is 3. The van der Waals surface area contributed by atoms with Crippen LogP contribution in [0.4, 0.5) is 4.79 Å². The molecule has 3 unspecified atom stereocenters. The minimum atomic E-state index is -1.15. The Hall–Kier alpha value is -4.43. The van der Waals surface area contributed by atoms with Gasteiger partial charge in [-0.3, -0.25) is 19.2 Å². The third-order valence-electron chi connectivity index (χ3n) is 9.28. The largest absolute Gasteiger partial charge is 0.618 e. The first kappa shape index (κ1) is 45.0. The van der Waals surface area contributed by atoms with E-state index in [1.807, 2.05) is 12.1 Å². The Kier molecular flexibility index (Phi) is 15.5. The van der Waals surface area contributed by atoms with Crippen molar-refractivity contribution >= 4 is 41.4 Å². The van der Waals surface area contributed by atoms with E-state index in [2.05, 4.69) is 10.6 Å². The van der Waals surface area contributed by atoms with Crippen LogP contribution in [0.1, 0.15) is 84.7 Å². The molecule has 3 rings (SSSR count). The maximum atomic E-state index is 14.6. The normalized spacial score (nSPS) is 17.7. The molecule has 1 aromatic heterocycles. The number of nitrogens with one attached hydrogen (secondary N) is 2. The minimum absolute atomic E-state index is 0.00380. The fourth-order valence-electron chi connectivity index (χ4n) is 6.63. The van der Waals surface area contributed by atoms with Crippen LogP contribution in [0.5, 0.6) is 0 Å². The van der Waals surface area contributed by atoms with Gasteiger partial charge in [-0.15, -0.1) is 0 Å². The second kappa shape index (κ2) is 18.9. The number of amides is 4. The Labute approximate surface area is 329 Å². The lowest BCUT2D eigenvalue weighted by Gasteiger charge is -2.49. The van der Waals surface area contributed by atoms with Crippen LogP contribution in [0.2, 0.25) is 5.02 Å². The molecular formula is C40H58ClN5O9. The number of pyridine rings is 1. The van der Waals surface area contributed by atoms with E-state index in [-0.39, 0.29) is 31.9 Å². The fraction of sp³-hybridized carbons (Fsp3) is 0.600. The van der Waals surface area contributed by atoms with E-state index >= 15 is 0 Å². The van der Waals surface area contributed by atoms with Gasteiger partial charge in [-0.05, 0) is 91.5 Å². The van der Waals surface area contributed by atoms with Crippen LogP contribution in [-0.4, -0.2) is 102 Å². The van der Waals surface area contributed by atoms with Gasteiger partial charge in [-0.25, -0.2) is 4.79 Å². The Morgan fingerprint density at radius 2 is 1.64 bits per heavy atom. The summed E-state index contributed by atoms with van der Waals surface area (Å²) in [4.78, 5) is 71.0. The summed E-state index contributed by atoms with van der Waals surface area (Å²) in [6.45, 7) is 13.8. The molecule has 2 heterocycles. The second-order valence-electron chi connectivity index (χ2n) is 16.3. The molecule has 0 bridgehead atoms. The van der Waals surface area contributed by atoms with E-state index in [9.17, 15) is 29.2 Å². The summed E-state index contributed by atoms with van der Waals surface area (Å²) < 4.78 is 17.0. The number of ether oxygens (including phenoxy) is 3. The van der Waals surface area contributed by atoms with Crippen LogP contribution in [0.15, 0.2) is 42.5 Å². The first-order chi connectivity index (χ1) is 25.5. The van der Waals surface area contributed by atoms with Crippen LogP contribution in [-0.2, 0) is 46.2 Å². The summed E-state index contributed by atoms with van der Waals surface area (Å²) in [5.41, 5.74) is -0.890. The lowest BCUT2D eigenvalue weighted by molar-refractivity contribution is -0.621. The number of aromatic nitrogens is 1. The number of rotatable bonds is 14. The van der Waals surface area contributed by atoms with E-state index in [4.69, 9.17) is 25.8 Å². The lowest BCUT2D eigenvalue weighted by Crippen LogP contribution is -2.65. The topological polar surface area (TPSA) is 171 Å². The molecule has 304 valence electrons. The highest BCUT2D eigenvalue weighted by molar-refractivity contribution is 6.30. The van der Waals surface area contributed by atoms with E-state index in [0.29, 0.717) is 42.2 Å². The molecule has 0 aliphatic carbocycles. The maximum absolute atomic E-state index is 14.6. The highest BCUT2D eigenvalue weighted by Crippen LogP contribution is 2.33. The van der Waals surface area contributed by atoms with Gasteiger partial charge in [0.1, 0.15) is 23.3 Å². The number of likely N-dealkylation sites (tertiary alicyclic amines) is 1. The van der Waals surface area contributed by atoms with Crippen LogP contribution in [0, 0.1) is 18.0 Å². The summed E-state index contributed by atoms with van der Waals surface area (Å²) in [5, 5.41) is 18.8. The van der Waals surface area contributed by atoms with Crippen molar-refractivity contribution in [2.24, 2.45) is 5.92 Å². The molecule has 1 saturated heterocycles. The molecule has 2 N–H and O–H groups in total. The van der Waals surface area contributed by atoms with Crippen molar-refractivity contribution in [3.8, 4) is 0 Å². The lowest BCUT2D eigenvalue weighted by atomic mass is 9.80. The molecule has 1 aliphatic rings. The van der Waals surface area contributed by atoms with Gasteiger partial charge >= 0.3 is 12.1 Å². The van der Waals surface area contributed by atoms with Gasteiger partial charge in [0.05, 0.1) is 24.5 Å². The standard InChI is InChI=1S/C40H58ClN5O9/c1-26-13-11-14-31(46(26)52)21-29(22-33(47)54-38(3,4)5)35(49)45-20-12-19-40(25-45,23-28-15-17-30(41)18-16-28)44(9)36(50)32(24-53-10)43-34(48)27(2)42-37(51)55-39(6,7)8/h11,13-18,27,29,32H,12,19-25H2,1-10H3,(H,42,51)(H,43,48)/t27?,29?,32?,40-/m1/s1. The van der Waals surface area contributed by atoms with Crippen molar-refractivity contribution in [1.82, 2.24) is 20.4 Å². The number of hydrogen-bond donors (Lipinski definition) is 2. The molecular weight excluding hydrogens is 730 g/mol. The number of carbonyl (C=O) groups excluding carboxylic acids is 5. The zero-order valence-electron chi connectivity index (χ0n) is 33.8. The number of methoxy groups -OCH3 is 1. The molecule has 2 aromatic rings. The molecule has 1 aliphatic heterocycles. The van der Waals surface area contributed by atoms with Crippen molar-refractivity contribution in [2.45, 2.75) is 116 Å². The Morgan fingerprint density at radius 3 is 2.24 bits per heavy atom. The van der Waals surface area contributed by atoms with Crippen LogP contribution >= 0.6 is 11.6 Å². The Balaban J connectivity index is 1.97. The molecule has 4 atom stereocenters. The minimum Gasteiger partial charge on any atom is -0.618 e. The predicted octanol–water partition coefficient (Wildman–Crippen LogP) is 4.28. The number of aryl methyl sites for hydroxylation is 1. The fourth-order valence-corrected chi connectivity index (χ4v) is 6.75. The summed E-state index contributed by atoms with van der Waals surface area (Å²) in [6.07, 6.45) is 0.303. The number of halogens is 1. The third-order valence-corrected chi connectivity index (χ3v) is 9.53. The summed E-state index contributed by atoms with van der Waals surface area (Å²) in [6, 6.07) is 10.1. The van der Waals surface area contributed by atoms with E-state index < -0.39 is 58.6 Å². The van der Waals surface area contributed by atoms with Crippen molar-refractivity contribution in [3.05, 3.63) is 69.6 Å². The molecule has 55 heavy (non-hydrogen) atoms. The quantitative estimate of drug-likeness (QED) is 0.161. The monoisotopic (exact) mass is 787 g/mol. The van der Waals surface area contributed by atoms with Crippen LogP contribution < -0.4 is 15.4 Å². The SMILES string of the molecule is COCC(NC(=O)C(C)NC(=O)OC(C)(C)C)C(=O)N(C)[C@@]1(Cc2ccc(Cl)cc2)CCCN(C(=O)C(CC(=O)OC(C)(C)C)Cc2cccc(C)[n+]2[O-])C1. The molecule has 4 amide bonds. The number of benzene rings is 1. The highest BCUT2D eigenvalue weighted by atomic mass is 35.5. The number of likely N-dealkylation sites (N-methyl/N-ethyl adjacent to an activating group) is 1. The maximum Gasteiger partial charge on any atom is 0.408 e. The zero-order valence-corrected chi connectivity index (χ0v) is 34.6. The summed E-state index contributed by atoms with van der Waals surface area (Å²) in [7, 11) is 3.04. The van der Waals surface area contributed by atoms with Gasteiger partial charge in [0.25, 0.3) is 0 Å². The predicted molar refractivity (Wildman–Crippen MR) is 207 cm³/mol. The van der Waals surface area contributed by atoms with Crippen molar-refractivity contribution in [3.63, 3.8) is 0 Å². The number of alkyl carbamates (subject to hydrolysis) is 1. The summed E-state index contributed by atoms with van der Waals surface area (Å²) in [5.74, 6) is -2.94. The van der Waals surface area contributed by atoms with E-state index in [1.54, 1.807) is 95.6 Å². The smallest absolute Gasteiger partial charge is 0.408 e. The number of esters is 1. The van der Waals surface area contributed by atoms with Gasteiger partial charge in [-0.2, -0.15) is 4.73 Å². The Bertz CT molecular complexity index is 1670. The highest BCUT2D eigenvalue weighted by Gasteiger charge is 2.46. The third kappa shape index (κ3) is 13.4. The first-order valence-corrected chi connectivity index (χ1v) is 18.9. The van der Waals surface area contributed by atoms with Crippen LogP contribution in [0.25, 0.3) is 0 Å². The molecule has 0 radical (unpaired) electrons. The molecule has 1 fully saturated rings.